The van der Waals surface area contributed by atoms with Crippen molar-refractivity contribution in [1.29, 1.82) is 0 Å². The summed E-state index contributed by atoms with van der Waals surface area (Å²) in [7, 11) is 1.85. The number of aliphatic imine (C=N–C) groups is 1. The lowest BCUT2D eigenvalue weighted by Gasteiger charge is -2.19. The van der Waals surface area contributed by atoms with E-state index in [-0.39, 0.29) is 0 Å². The molecule has 0 radical (unpaired) electrons. The molecule has 4 heteroatoms. The summed E-state index contributed by atoms with van der Waals surface area (Å²) in [5.41, 5.74) is 1.37. The Bertz CT molecular complexity index is 509. The molecule has 0 spiro atoms. The van der Waals surface area contributed by atoms with Crippen LogP contribution in [0.1, 0.15) is 37.7 Å². The Balaban J connectivity index is 1.38. The van der Waals surface area contributed by atoms with Crippen LogP contribution in [-0.4, -0.2) is 50.1 Å². The highest BCUT2D eigenvalue weighted by Gasteiger charge is 2.34. The minimum absolute atomic E-state index is 0.478. The van der Waals surface area contributed by atoms with Gasteiger partial charge in [0, 0.05) is 32.7 Å². The molecule has 4 nitrogen and oxygen atoms in total. The van der Waals surface area contributed by atoms with Crippen LogP contribution in [0.5, 0.6) is 0 Å². The van der Waals surface area contributed by atoms with Gasteiger partial charge in [0.25, 0.3) is 0 Å². The van der Waals surface area contributed by atoms with Gasteiger partial charge in [0.2, 0.25) is 0 Å². The van der Waals surface area contributed by atoms with Crippen LogP contribution in [0.25, 0.3) is 0 Å². The van der Waals surface area contributed by atoms with Crippen molar-refractivity contribution < 1.29 is 0 Å². The lowest BCUT2D eigenvalue weighted by Crippen LogP contribution is -2.41. The molecule has 0 aromatic heterocycles. The molecule has 23 heavy (non-hydrogen) atoms. The molecule has 2 N–H and O–H groups in total. The average molecular weight is 314 g/mol. The summed E-state index contributed by atoms with van der Waals surface area (Å²) in [5, 5.41) is 6.97. The number of nitrogens with zero attached hydrogens (tertiary/aromatic N) is 2. The van der Waals surface area contributed by atoms with Gasteiger partial charge in [-0.3, -0.25) is 4.99 Å². The zero-order chi connectivity index (χ0) is 16.1. The highest BCUT2D eigenvalue weighted by molar-refractivity contribution is 5.79. The quantitative estimate of drug-likeness (QED) is 0.626. The van der Waals surface area contributed by atoms with E-state index in [9.17, 15) is 0 Å². The molecule has 1 saturated carbocycles. The molecule has 1 aliphatic carbocycles. The number of likely N-dealkylation sites (tertiary alicyclic amines) is 1. The molecule has 3 rings (SSSR count). The normalized spacial score (nSPS) is 23.7. The third kappa shape index (κ3) is 4.71. The molecule has 2 atom stereocenters. The smallest absolute Gasteiger partial charge is 0.191 e. The predicted octanol–water partition coefficient (Wildman–Crippen LogP) is 2.44. The summed E-state index contributed by atoms with van der Waals surface area (Å²) in [5.74, 6) is 2.17. The fourth-order valence-electron chi connectivity index (χ4n) is 3.41. The molecule has 1 heterocycles. The highest BCUT2D eigenvalue weighted by atomic mass is 15.2. The molecule has 1 aromatic rings. The van der Waals surface area contributed by atoms with Gasteiger partial charge < -0.3 is 15.5 Å². The van der Waals surface area contributed by atoms with Crippen LogP contribution in [0.3, 0.4) is 0 Å². The zero-order valence-electron chi connectivity index (χ0n) is 14.5. The monoisotopic (exact) mass is 314 g/mol. The second-order valence-electron chi connectivity index (χ2n) is 7.03. The van der Waals surface area contributed by atoms with Gasteiger partial charge >= 0.3 is 0 Å². The van der Waals surface area contributed by atoms with E-state index in [0.29, 0.717) is 5.92 Å². The van der Waals surface area contributed by atoms with Gasteiger partial charge in [-0.15, -0.1) is 0 Å². The van der Waals surface area contributed by atoms with Gasteiger partial charge in [0.1, 0.15) is 0 Å². The molecule has 0 bridgehead atoms. The number of rotatable bonds is 6. The third-order valence-corrected chi connectivity index (χ3v) is 5.11. The molecular weight excluding hydrogens is 284 g/mol. The van der Waals surface area contributed by atoms with E-state index >= 15 is 0 Å². The maximum absolute atomic E-state index is 4.36. The minimum atomic E-state index is 0.478. The molecule has 0 amide bonds. The highest BCUT2D eigenvalue weighted by Crippen LogP contribution is 2.31. The number of nitrogens with one attached hydrogen (secondary N) is 2. The van der Waals surface area contributed by atoms with Crippen molar-refractivity contribution in [1.82, 2.24) is 15.5 Å². The van der Waals surface area contributed by atoms with Gasteiger partial charge in [-0.05, 0) is 43.2 Å². The van der Waals surface area contributed by atoms with E-state index in [0.717, 1.165) is 31.0 Å². The summed E-state index contributed by atoms with van der Waals surface area (Å²) in [6, 6.07) is 11.6. The SMILES string of the molecule is CN=C(NCC1CCN(C2CC2)C1)NCC(C)c1ccccc1. The van der Waals surface area contributed by atoms with Gasteiger partial charge in [0.15, 0.2) is 5.96 Å². The number of benzene rings is 1. The van der Waals surface area contributed by atoms with Gasteiger partial charge in [-0.2, -0.15) is 0 Å². The van der Waals surface area contributed by atoms with Crippen LogP contribution in [0, 0.1) is 5.92 Å². The fourth-order valence-corrected chi connectivity index (χ4v) is 3.41. The van der Waals surface area contributed by atoms with Crippen LogP contribution in [0.4, 0.5) is 0 Å². The Hall–Kier alpha value is -1.55. The molecule has 1 aromatic carbocycles. The minimum Gasteiger partial charge on any atom is -0.356 e. The summed E-state index contributed by atoms with van der Waals surface area (Å²) in [6.07, 6.45) is 4.16. The molecule has 2 aliphatic rings. The largest absolute Gasteiger partial charge is 0.356 e. The van der Waals surface area contributed by atoms with E-state index < -0.39 is 0 Å². The van der Waals surface area contributed by atoms with Gasteiger partial charge in [-0.1, -0.05) is 37.3 Å². The lowest BCUT2D eigenvalue weighted by molar-refractivity contribution is 0.314. The topological polar surface area (TPSA) is 39.7 Å². The molecule has 1 aliphatic heterocycles. The van der Waals surface area contributed by atoms with Crippen molar-refractivity contribution in [3.63, 3.8) is 0 Å². The standard InChI is InChI=1S/C19H30N4/c1-15(17-6-4-3-5-7-17)12-21-19(20-2)22-13-16-10-11-23(14-16)18-8-9-18/h3-7,15-16,18H,8-14H2,1-2H3,(H2,20,21,22). The predicted molar refractivity (Wildman–Crippen MR) is 96.9 cm³/mol. The average Bonchev–Trinajstić information content (AvgIpc) is 3.34. The number of hydrogen-bond donors (Lipinski definition) is 2. The van der Waals surface area contributed by atoms with E-state index in [1.54, 1.807) is 0 Å². The van der Waals surface area contributed by atoms with Crippen LogP contribution in [0.15, 0.2) is 35.3 Å². The van der Waals surface area contributed by atoms with Crippen molar-refractivity contribution in [3.8, 4) is 0 Å². The Morgan fingerprint density at radius 2 is 2.00 bits per heavy atom. The maximum Gasteiger partial charge on any atom is 0.191 e. The summed E-state index contributed by atoms with van der Waals surface area (Å²) in [6.45, 7) is 6.73. The van der Waals surface area contributed by atoms with Crippen molar-refractivity contribution in [2.24, 2.45) is 10.9 Å². The second kappa shape index (κ2) is 7.82. The van der Waals surface area contributed by atoms with Crippen molar-refractivity contribution in [2.45, 2.75) is 38.1 Å². The molecule has 2 unspecified atom stereocenters. The first kappa shape index (κ1) is 16.3. The van der Waals surface area contributed by atoms with Crippen molar-refractivity contribution >= 4 is 5.96 Å². The Kier molecular flexibility index (Phi) is 5.55. The number of hydrogen-bond acceptors (Lipinski definition) is 2. The summed E-state index contributed by atoms with van der Waals surface area (Å²) in [4.78, 5) is 7.03. The summed E-state index contributed by atoms with van der Waals surface area (Å²) < 4.78 is 0. The van der Waals surface area contributed by atoms with E-state index in [1.165, 1.54) is 37.9 Å². The molecule has 1 saturated heterocycles. The van der Waals surface area contributed by atoms with Crippen LogP contribution in [0.2, 0.25) is 0 Å². The number of guanidine groups is 1. The van der Waals surface area contributed by atoms with E-state index in [1.807, 2.05) is 7.05 Å². The summed E-state index contributed by atoms with van der Waals surface area (Å²) >= 11 is 0. The van der Waals surface area contributed by atoms with Gasteiger partial charge in [-0.25, -0.2) is 0 Å². The Morgan fingerprint density at radius 3 is 2.70 bits per heavy atom. The van der Waals surface area contributed by atoms with E-state index in [2.05, 4.69) is 57.8 Å². The first-order chi connectivity index (χ1) is 11.3. The lowest BCUT2D eigenvalue weighted by atomic mass is 10.0. The van der Waals surface area contributed by atoms with Gasteiger partial charge in [0.05, 0.1) is 0 Å². The molecule has 126 valence electrons. The maximum atomic E-state index is 4.36. The van der Waals surface area contributed by atoms with E-state index in [4.69, 9.17) is 0 Å². The Labute approximate surface area is 140 Å². The molecule has 2 fully saturated rings. The zero-order valence-corrected chi connectivity index (χ0v) is 14.5. The first-order valence-electron chi connectivity index (χ1n) is 8.99. The van der Waals surface area contributed by atoms with Crippen LogP contribution < -0.4 is 10.6 Å². The van der Waals surface area contributed by atoms with Crippen LogP contribution in [-0.2, 0) is 0 Å². The van der Waals surface area contributed by atoms with Crippen molar-refractivity contribution in [3.05, 3.63) is 35.9 Å². The molecular formula is C19H30N4. The first-order valence-corrected chi connectivity index (χ1v) is 8.99. The Morgan fingerprint density at radius 1 is 1.22 bits per heavy atom. The fraction of sp³-hybridized carbons (Fsp3) is 0.632. The van der Waals surface area contributed by atoms with Crippen LogP contribution >= 0.6 is 0 Å². The second-order valence-corrected chi connectivity index (χ2v) is 7.03. The third-order valence-electron chi connectivity index (χ3n) is 5.11. The van der Waals surface area contributed by atoms with Crippen molar-refractivity contribution in [2.75, 3.05) is 33.2 Å².